The van der Waals surface area contributed by atoms with Gasteiger partial charge in [0.15, 0.2) is 0 Å². The number of rotatable bonds is 8. The fourth-order valence-electron chi connectivity index (χ4n) is 3.44. The average molecular weight is 475 g/mol. The second-order valence-corrected chi connectivity index (χ2v) is 10.0. The number of ether oxygens (including phenoxy) is 2. The molecule has 0 unspecified atom stereocenters. The number of hydrogen-bond acceptors (Lipinski definition) is 6. The van der Waals surface area contributed by atoms with E-state index in [4.69, 9.17) is 9.47 Å². The zero-order valence-corrected chi connectivity index (χ0v) is 19.9. The number of carbonyl (C=O) groups is 2. The van der Waals surface area contributed by atoms with Crippen molar-refractivity contribution in [2.75, 3.05) is 26.3 Å². The van der Waals surface area contributed by atoms with Gasteiger partial charge in [-0.15, -0.1) is 0 Å². The van der Waals surface area contributed by atoms with Crippen LogP contribution in [-0.2, 0) is 29.1 Å². The largest absolute Gasteiger partial charge is 0.446 e. The molecule has 0 bridgehead atoms. The molecule has 0 spiro atoms. The second kappa shape index (κ2) is 10.9. The molecular formula is C24H30N2O6S. The normalized spacial score (nSPS) is 16.3. The van der Waals surface area contributed by atoms with Crippen molar-refractivity contribution in [3.63, 3.8) is 0 Å². The molecule has 1 aliphatic heterocycles. The zero-order valence-electron chi connectivity index (χ0n) is 19.1. The van der Waals surface area contributed by atoms with Crippen LogP contribution in [-0.4, -0.2) is 57.5 Å². The van der Waals surface area contributed by atoms with Crippen LogP contribution in [0.15, 0.2) is 59.5 Å². The first-order valence-corrected chi connectivity index (χ1v) is 12.4. The van der Waals surface area contributed by atoms with Crippen molar-refractivity contribution < 1.29 is 27.5 Å². The van der Waals surface area contributed by atoms with E-state index in [1.165, 1.54) is 12.1 Å². The van der Waals surface area contributed by atoms with Crippen LogP contribution in [0, 0.1) is 12.8 Å². The van der Waals surface area contributed by atoms with Gasteiger partial charge in [0.1, 0.15) is 6.04 Å². The molecule has 2 aromatic rings. The third-order valence-corrected chi connectivity index (χ3v) is 6.87. The number of morpholine rings is 1. The molecule has 33 heavy (non-hydrogen) atoms. The molecule has 8 nitrogen and oxygen atoms in total. The molecule has 1 saturated heterocycles. The molecule has 1 fully saturated rings. The third kappa shape index (κ3) is 6.40. The minimum atomic E-state index is -3.97. The van der Waals surface area contributed by atoms with Crippen LogP contribution in [0.5, 0.6) is 0 Å². The molecule has 0 aromatic heterocycles. The zero-order chi connectivity index (χ0) is 24.0. The Morgan fingerprint density at radius 1 is 1.00 bits per heavy atom. The predicted molar refractivity (Wildman–Crippen MR) is 123 cm³/mol. The van der Waals surface area contributed by atoms with E-state index in [2.05, 4.69) is 4.72 Å². The fourth-order valence-corrected chi connectivity index (χ4v) is 4.77. The molecule has 178 valence electrons. The Morgan fingerprint density at radius 2 is 1.61 bits per heavy atom. The first-order valence-electron chi connectivity index (χ1n) is 10.9. The lowest BCUT2D eigenvalue weighted by Gasteiger charge is -2.31. The maximum Gasteiger partial charge on any atom is 0.325 e. The standard InChI is InChI=1S/C24H30N2O6S/c1-17(2)21(25-33(29,30)20-11-9-18(3)10-12-20)24(28)32-22(19-7-5-4-6-8-19)23(27)26-13-15-31-16-14-26/h4-12,17,21-22,25H,13-16H2,1-3H3/t21-,22+/m0/s1. The predicted octanol–water partition coefficient (Wildman–Crippen LogP) is 2.44. The van der Waals surface area contributed by atoms with Gasteiger partial charge in [0.05, 0.1) is 18.1 Å². The third-order valence-electron chi connectivity index (χ3n) is 5.42. The van der Waals surface area contributed by atoms with Gasteiger partial charge in [-0.3, -0.25) is 9.59 Å². The van der Waals surface area contributed by atoms with Crippen LogP contribution >= 0.6 is 0 Å². The van der Waals surface area contributed by atoms with Crippen LogP contribution in [0.4, 0.5) is 0 Å². The number of benzene rings is 2. The van der Waals surface area contributed by atoms with Gasteiger partial charge in [0.2, 0.25) is 16.1 Å². The topological polar surface area (TPSA) is 102 Å². The summed E-state index contributed by atoms with van der Waals surface area (Å²) in [7, 11) is -3.97. The van der Waals surface area contributed by atoms with E-state index in [1.54, 1.807) is 61.2 Å². The SMILES string of the molecule is Cc1ccc(S(=O)(=O)N[C@H](C(=O)O[C@@H](C(=O)N2CCOCC2)c2ccccc2)C(C)C)cc1. The van der Waals surface area contributed by atoms with Crippen molar-refractivity contribution >= 4 is 21.9 Å². The Kier molecular flexibility index (Phi) is 8.23. The van der Waals surface area contributed by atoms with Gasteiger partial charge >= 0.3 is 5.97 Å². The number of sulfonamides is 1. The Bertz CT molecular complexity index is 1050. The van der Waals surface area contributed by atoms with Gasteiger partial charge in [-0.1, -0.05) is 61.9 Å². The van der Waals surface area contributed by atoms with Crippen molar-refractivity contribution in [1.82, 2.24) is 9.62 Å². The molecule has 9 heteroatoms. The molecule has 2 atom stereocenters. The fraction of sp³-hybridized carbons (Fsp3) is 0.417. The summed E-state index contributed by atoms with van der Waals surface area (Å²) in [5.41, 5.74) is 1.44. The second-order valence-electron chi connectivity index (χ2n) is 8.32. The van der Waals surface area contributed by atoms with Crippen molar-refractivity contribution in [2.24, 2.45) is 5.92 Å². The van der Waals surface area contributed by atoms with Crippen LogP contribution < -0.4 is 4.72 Å². The van der Waals surface area contributed by atoms with E-state index < -0.39 is 34.1 Å². The lowest BCUT2D eigenvalue weighted by atomic mass is 10.0. The number of hydrogen-bond donors (Lipinski definition) is 1. The summed E-state index contributed by atoms with van der Waals surface area (Å²) >= 11 is 0. The number of esters is 1. The maximum absolute atomic E-state index is 13.2. The minimum Gasteiger partial charge on any atom is -0.446 e. The van der Waals surface area contributed by atoms with Crippen molar-refractivity contribution in [1.29, 1.82) is 0 Å². The van der Waals surface area contributed by atoms with Gasteiger partial charge in [-0.05, 0) is 25.0 Å². The van der Waals surface area contributed by atoms with Gasteiger partial charge in [0.25, 0.3) is 5.91 Å². The Labute approximate surface area is 194 Å². The van der Waals surface area contributed by atoms with Crippen LogP contribution in [0.3, 0.4) is 0 Å². The van der Waals surface area contributed by atoms with Crippen molar-refractivity contribution in [3.05, 3.63) is 65.7 Å². The molecule has 0 radical (unpaired) electrons. The monoisotopic (exact) mass is 474 g/mol. The molecule has 1 amide bonds. The Hall–Kier alpha value is -2.75. The lowest BCUT2D eigenvalue weighted by Crippen LogP contribution is -2.48. The summed E-state index contributed by atoms with van der Waals surface area (Å²) in [4.78, 5) is 28.0. The molecule has 1 heterocycles. The van der Waals surface area contributed by atoms with Gasteiger partial charge in [-0.25, -0.2) is 8.42 Å². The minimum absolute atomic E-state index is 0.0514. The number of carbonyl (C=O) groups excluding carboxylic acids is 2. The van der Waals surface area contributed by atoms with Crippen LogP contribution in [0.2, 0.25) is 0 Å². The van der Waals surface area contributed by atoms with E-state index in [1.807, 2.05) is 6.92 Å². The van der Waals surface area contributed by atoms with Crippen molar-refractivity contribution in [2.45, 2.75) is 37.8 Å². The van der Waals surface area contributed by atoms with E-state index in [9.17, 15) is 18.0 Å². The smallest absolute Gasteiger partial charge is 0.325 e. The molecule has 1 N–H and O–H groups in total. The summed E-state index contributed by atoms with van der Waals surface area (Å²) in [5.74, 6) is -1.58. The molecule has 3 rings (SSSR count). The quantitative estimate of drug-likeness (QED) is 0.590. The van der Waals surface area contributed by atoms with Gasteiger partial charge < -0.3 is 14.4 Å². The Balaban J connectivity index is 1.83. The summed E-state index contributed by atoms with van der Waals surface area (Å²) in [6.45, 7) is 6.89. The highest BCUT2D eigenvalue weighted by molar-refractivity contribution is 7.89. The van der Waals surface area contributed by atoms with E-state index in [0.717, 1.165) is 5.56 Å². The highest BCUT2D eigenvalue weighted by Crippen LogP contribution is 2.23. The molecular weight excluding hydrogens is 444 g/mol. The number of aryl methyl sites for hydroxylation is 1. The maximum atomic E-state index is 13.2. The first-order chi connectivity index (χ1) is 15.7. The molecule has 0 saturated carbocycles. The summed E-state index contributed by atoms with van der Waals surface area (Å²) in [6, 6.07) is 13.9. The highest BCUT2D eigenvalue weighted by Gasteiger charge is 2.35. The number of nitrogens with one attached hydrogen (secondary N) is 1. The summed E-state index contributed by atoms with van der Waals surface area (Å²) in [6.07, 6.45) is -1.18. The molecule has 0 aliphatic carbocycles. The average Bonchev–Trinajstić information content (AvgIpc) is 2.81. The van der Waals surface area contributed by atoms with Gasteiger partial charge in [0, 0.05) is 18.7 Å². The van der Waals surface area contributed by atoms with Crippen LogP contribution in [0.25, 0.3) is 0 Å². The first kappa shape index (κ1) is 24.9. The summed E-state index contributed by atoms with van der Waals surface area (Å²) in [5, 5.41) is 0. The molecule has 2 aromatic carbocycles. The van der Waals surface area contributed by atoms with Crippen molar-refractivity contribution in [3.8, 4) is 0 Å². The van der Waals surface area contributed by atoms with E-state index in [-0.39, 0.29) is 10.8 Å². The van der Waals surface area contributed by atoms with E-state index >= 15 is 0 Å². The van der Waals surface area contributed by atoms with Gasteiger partial charge in [-0.2, -0.15) is 4.72 Å². The lowest BCUT2D eigenvalue weighted by molar-refractivity contribution is -0.164. The number of nitrogens with zero attached hydrogens (tertiary/aromatic N) is 1. The van der Waals surface area contributed by atoms with E-state index in [0.29, 0.717) is 31.9 Å². The Morgan fingerprint density at radius 3 is 2.18 bits per heavy atom. The highest BCUT2D eigenvalue weighted by atomic mass is 32.2. The summed E-state index contributed by atoms with van der Waals surface area (Å²) < 4.78 is 39.2. The van der Waals surface area contributed by atoms with Crippen LogP contribution in [0.1, 0.15) is 31.1 Å². The number of amides is 1. The molecule has 1 aliphatic rings.